The van der Waals surface area contributed by atoms with Gasteiger partial charge in [-0.3, -0.25) is 0 Å². The number of benzene rings is 2. The SMILES string of the molecule is CC(C)Oc1ccc(Cl)cc1CNCCc1ccc(Cl)cc1Cl. The summed E-state index contributed by atoms with van der Waals surface area (Å²) in [6, 6.07) is 11.3. The normalized spacial score (nSPS) is 11.0. The summed E-state index contributed by atoms with van der Waals surface area (Å²) in [7, 11) is 0. The van der Waals surface area contributed by atoms with Gasteiger partial charge in [-0.25, -0.2) is 0 Å². The second-order valence-electron chi connectivity index (χ2n) is 5.58. The van der Waals surface area contributed by atoms with Crippen molar-refractivity contribution >= 4 is 34.8 Å². The van der Waals surface area contributed by atoms with Crippen LogP contribution < -0.4 is 10.1 Å². The Balaban J connectivity index is 1.92. The van der Waals surface area contributed by atoms with E-state index in [-0.39, 0.29) is 6.10 Å². The Morgan fingerprint density at radius 3 is 2.35 bits per heavy atom. The molecule has 0 aliphatic heterocycles. The smallest absolute Gasteiger partial charge is 0.124 e. The van der Waals surface area contributed by atoms with Crippen molar-refractivity contribution in [3.8, 4) is 5.75 Å². The van der Waals surface area contributed by atoms with Gasteiger partial charge in [0.15, 0.2) is 0 Å². The average molecular weight is 373 g/mol. The highest BCUT2D eigenvalue weighted by Crippen LogP contribution is 2.24. The Hall–Kier alpha value is -0.930. The maximum absolute atomic E-state index is 6.18. The minimum Gasteiger partial charge on any atom is -0.491 e. The summed E-state index contributed by atoms with van der Waals surface area (Å²) < 4.78 is 5.81. The van der Waals surface area contributed by atoms with Gasteiger partial charge in [0, 0.05) is 27.2 Å². The highest BCUT2D eigenvalue weighted by molar-refractivity contribution is 6.35. The first kappa shape index (κ1) is 18.4. The zero-order valence-electron chi connectivity index (χ0n) is 13.2. The van der Waals surface area contributed by atoms with Gasteiger partial charge in [0.25, 0.3) is 0 Å². The van der Waals surface area contributed by atoms with Crippen molar-refractivity contribution in [1.29, 1.82) is 0 Å². The van der Waals surface area contributed by atoms with Crippen molar-refractivity contribution in [2.75, 3.05) is 6.54 Å². The predicted molar refractivity (Wildman–Crippen MR) is 99.1 cm³/mol. The molecule has 1 N–H and O–H groups in total. The van der Waals surface area contributed by atoms with Crippen LogP contribution in [0.3, 0.4) is 0 Å². The summed E-state index contributed by atoms with van der Waals surface area (Å²) in [5, 5.41) is 5.46. The Morgan fingerprint density at radius 2 is 1.65 bits per heavy atom. The maximum Gasteiger partial charge on any atom is 0.124 e. The molecule has 0 atom stereocenters. The molecule has 0 unspecified atom stereocenters. The van der Waals surface area contributed by atoms with Gasteiger partial charge < -0.3 is 10.1 Å². The van der Waals surface area contributed by atoms with Crippen LogP contribution in [-0.4, -0.2) is 12.6 Å². The molecular weight excluding hydrogens is 353 g/mol. The zero-order chi connectivity index (χ0) is 16.8. The van der Waals surface area contributed by atoms with E-state index in [0.717, 1.165) is 29.8 Å². The zero-order valence-corrected chi connectivity index (χ0v) is 15.5. The molecule has 2 rings (SSSR count). The van der Waals surface area contributed by atoms with Crippen LogP contribution in [-0.2, 0) is 13.0 Å². The van der Waals surface area contributed by atoms with Crippen LogP contribution in [0.5, 0.6) is 5.75 Å². The van der Waals surface area contributed by atoms with Crippen molar-refractivity contribution in [2.24, 2.45) is 0 Å². The Bertz CT molecular complexity index is 659. The summed E-state index contributed by atoms with van der Waals surface area (Å²) in [5.74, 6) is 0.862. The lowest BCUT2D eigenvalue weighted by Gasteiger charge is -2.15. The minimum atomic E-state index is 0.128. The summed E-state index contributed by atoms with van der Waals surface area (Å²) in [5.41, 5.74) is 2.13. The summed E-state index contributed by atoms with van der Waals surface area (Å²) in [6.45, 7) is 5.51. The molecule has 0 fully saturated rings. The molecule has 0 heterocycles. The third-order valence-electron chi connectivity index (χ3n) is 3.29. The van der Waals surface area contributed by atoms with Gasteiger partial charge in [0.1, 0.15) is 5.75 Å². The van der Waals surface area contributed by atoms with Crippen LogP contribution in [0.4, 0.5) is 0 Å². The van der Waals surface area contributed by atoms with E-state index in [2.05, 4.69) is 5.32 Å². The first-order valence-corrected chi connectivity index (χ1v) is 8.69. The molecular formula is C18H20Cl3NO. The number of nitrogens with one attached hydrogen (secondary N) is 1. The molecule has 0 aliphatic rings. The van der Waals surface area contributed by atoms with E-state index >= 15 is 0 Å². The number of hydrogen-bond donors (Lipinski definition) is 1. The molecule has 0 bridgehead atoms. The lowest BCUT2D eigenvalue weighted by molar-refractivity contribution is 0.239. The number of ether oxygens (including phenoxy) is 1. The fourth-order valence-electron chi connectivity index (χ4n) is 2.23. The Morgan fingerprint density at radius 1 is 0.957 bits per heavy atom. The highest BCUT2D eigenvalue weighted by Gasteiger charge is 2.07. The molecule has 2 aromatic carbocycles. The van der Waals surface area contributed by atoms with Crippen molar-refractivity contribution in [3.05, 3.63) is 62.6 Å². The second-order valence-corrected chi connectivity index (χ2v) is 6.86. The maximum atomic E-state index is 6.18. The van der Waals surface area contributed by atoms with Crippen LogP contribution in [0, 0.1) is 0 Å². The molecule has 0 spiro atoms. The van der Waals surface area contributed by atoms with E-state index in [4.69, 9.17) is 39.5 Å². The number of halogens is 3. The van der Waals surface area contributed by atoms with Crippen molar-refractivity contribution < 1.29 is 4.74 Å². The highest BCUT2D eigenvalue weighted by atomic mass is 35.5. The molecule has 5 heteroatoms. The first-order chi connectivity index (χ1) is 11.0. The van der Waals surface area contributed by atoms with E-state index in [1.54, 1.807) is 6.07 Å². The first-order valence-electron chi connectivity index (χ1n) is 7.55. The standard InChI is InChI=1S/C18H20Cl3NO/c1-12(2)23-18-6-5-15(19)9-14(18)11-22-8-7-13-3-4-16(20)10-17(13)21/h3-6,9-10,12,22H,7-8,11H2,1-2H3. The number of rotatable bonds is 7. The van der Waals surface area contributed by atoms with Gasteiger partial charge in [-0.1, -0.05) is 40.9 Å². The molecule has 23 heavy (non-hydrogen) atoms. The van der Waals surface area contributed by atoms with Gasteiger partial charge in [-0.05, 0) is 62.7 Å². The lowest BCUT2D eigenvalue weighted by atomic mass is 10.1. The van der Waals surface area contributed by atoms with E-state index in [1.807, 2.05) is 44.2 Å². The third-order valence-corrected chi connectivity index (χ3v) is 4.11. The van der Waals surface area contributed by atoms with E-state index in [9.17, 15) is 0 Å². The fourth-order valence-corrected chi connectivity index (χ4v) is 2.92. The average Bonchev–Trinajstić information content (AvgIpc) is 2.47. The molecule has 0 aromatic heterocycles. The predicted octanol–water partition coefficient (Wildman–Crippen LogP) is 5.77. The van der Waals surface area contributed by atoms with E-state index < -0.39 is 0 Å². The Labute approximate surface area is 152 Å². The summed E-state index contributed by atoms with van der Waals surface area (Å²) in [6.07, 6.45) is 0.958. The summed E-state index contributed by atoms with van der Waals surface area (Å²) >= 11 is 18.2. The van der Waals surface area contributed by atoms with E-state index in [0.29, 0.717) is 21.6 Å². The van der Waals surface area contributed by atoms with Crippen LogP contribution in [0.2, 0.25) is 15.1 Å². The fraction of sp³-hybridized carbons (Fsp3) is 0.333. The van der Waals surface area contributed by atoms with Crippen molar-refractivity contribution in [1.82, 2.24) is 5.32 Å². The monoisotopic (exact) mass is 371 g/mol. The molecule has 0 saturated heterocycles. The summed E-state index contributed by atoms with van der Waals surface area (Å²) in [4.78, 5) is 0. The van der Waals surface area contributed by atoms with Gasteiger partial charge in [0.2, 0.25) is 0 Å². The molecule has 0 radical (unpaired) electrons. The second kappa shape index (κ2) is 8.79. The van der Waals surface area contributed by atoms with Gasteiger partial charge in [-0.15, -0.1) is 0 Å². The quantitative estimate of drug-likeness (QED) is 0.623. The van der Waals surface area contributed by atoms with Gasteiger partial charge in [0.05, 0.1) is 6.10 Å². The molecule has 0 amide bonds. The topological polar surface area (TPSA) is 21.3 Å². The van der Waals surface area contributed by atoms with Crippen LogP contribution in [0.25, 0.3) is 0 Å². The largest absolute Gasteiger partial charge is 0.491 e. The van der Waals surface area contributed by atoms with Crippen LogP contribution in [0.15, 0.2) is 36.4 Å². The molecule has 2 aromatic rings. The minimum absolute atomic E-state index is 0.128. The third kappa shape index (κ3) is 5.89. The lowest BCUT2D eigenvalue weighted by Crippen LogP contribution is -2.18. The van der Waals surface area contributed by atoms with Gasteiger partial charge >= 0.3 is 0 Å². The van der Waals surface area contributed by atoms with Crippen molar-refractivity contribution in [3.63, 3.8) is 0 Å². The van der Waals surface area contributed by atoms with Gasteiger partial charge in [-0.2, -0.15) is 0 Å². The number of hydrogen-bond acceptors (Lipinski definition) is 2. The molecule has 124 valence electrons. The molecule has 0 aliphatic carbocycles. The van der Waals surface area contributed by atoms with E-state index in [1.165, 1.54) is 0 Å². The molecule has 2 nitrogen and oxygen atoms in total. The molecule has 0 saturated carbocycles. The Kier molecular flexibility index (Phi) is 7.04. The van der Waals surface area contributed by atoms with Crippen LogP contribution >= 0.6 is 34.8 Å². The van der Waals surface area contributed by atoms with Crippen molar-refractivity contribution in [2.45, 2.75) is 32.9 Å². The van der Waals surface area contributed by atoms with Crippen LogP contribution in [0.1, 0.15) is 25.0 Å².